The predicted octanol–water partition coefficient (Wildman–Crippen LogP) is 2.85. The summed E-state index contributed by atoms with van der Waals surface area (Å²) in [6, 6.07) is 6.28. The Bertz CT molecular complexity index is 479. The van der Waals surface area contributed by atoms with E-state index in [0.717, 1.165) is 30.2 Å². The van der Waals surface area contributed by atoms with E-state index < -0.39 is 0 Å². The molecule has 19 heavy (non-hydrogen) atoms. The third-order valence-electron chi connectivity index (χ3n) is 4.33. The van der Waals surface area contributed by atoms with Gasteiger partial charge < -0.3 is 15.0 Å². The van der Waals surface area contributed by atoms with Gasteiger partial charge in [0.15, 0.2) is 0 Å². The van der Waals surface area contributed by atoms with Crippen molar-refractivity contribution in [3.63, 3.8) is 0 Å². The maximum atomic E-state index is 6.38. The highest BCUT2D eigenvalue weighted by Crippen LogP contribution is 2.43. The largest absolute Gasteiger partial charge is 0.486 e. The predicted molar refractivity (Wildman–Crippen MR) is 78.0 cm³/mol. The van der Waals surface area contributed by atoms with E-state index in [-0.39, 0.29) is 5.60 Å². The zero-order chi connectivity index (χ0) is 13.5. The Morgan fingerprint density at radius 3 is 3.05 bits per heavy atom. The molecule has 2 aliphatic heterocycles. The van der Waals surface area contributed by atoms with Crippen molar-refractivity contribution in [2.75, 3.05) is 27.2 Å². The molecular weight excluding hydrogens is 260 g/mol. The van der Waals surface area contributed by atoms with Crippen molar-refractivity contribution in [1.82, 2.24) is 10.2 Å². The third-order valence-corrected chi connectivity index (χ3v) is 4.56. The summed E-state index contributed by atoms with van der Waals surface area (Å²) in [7, 11) is 4.19. The summed E-state index contributed by atoms with van der Waals surface area (Å²) in [5.74, 6) is 0.991. The second-order valence-electron chi connectivity index (χ2n) is 5.85. The number of hydrogen-bond donors (Lipinski definition) is 1. The first-order valence-electron chi connectivity index (χ1n) is 6.96. The first-order valence-corrected chi connectivity index (χ1v) is 7.34. The molecule has 1 spiro atoms. The normalized spacial score (nSPS) is 31.0. The van der Waals surface area contributed by atoms with Crippen LogP contribution in [0.5, 0.6) is 5.75 Å². The summed E-state index contributed by atoms with van der Waals surface area (Å²) in [4.78, 5) is 2.37. The number of ether oxygens (including phenoxy) is 1. The lowest BCUT2D eigenvalue weighted by atomic mass is 9.82. The second-order valence-corrected chi connectivity index (χ2v) is 6.29. The van der Waals surface area contributed by atoms with Crippen molar-refractivity contribution >= 4 is 11.6 Å². The molecule has 1 N–H and O–H groups in total. The van der Waals surface area contributed by atoms with Crippen molar-refractivity contribution in [3.05, 3.63) is 28.8 Å². The average molecular weight is 281 g/mol. The molecule has 1 aromatic rings. The van der Waals surface area contributed by atoms with E-state index in [1.165, 1.54) is 18.5 Å². The number of likely N-dealkylation sites (tertiary alicyclic amines) is 1. The van der Waals surface area contributed by atoms with E-state index in [2.05, 4.69) is 17.3 Å². The molecule has 2 atom stereocenters. The van der Waals surface area contributed by atoms with Gasteiger partial charge in [-0.15, -0.1) is 0 Å². The van der Waals surface area contributed by atoms with Gasteiger partial charge in [-0.25, -0.2) is 0 Å². The molecule has 2 heterocycles. The topological polar surface area (TPSA) is 24.5 Å². The van der Waals surface area contributed by atoms with Gasteiger partial charge in [-0.1, -0.05) is 11.6 Å². The molecule has 2 unspecified atom stereocenters. The number of fused-ring (bicyclic) bond motifs is 1. The number of rotatable bonds is 1. The van der Waals surface area contributed by atoms with Crippen molar-refractivity contribution in [2.45, 2.75) is 30.9 Å². The van der Waals surface area contributed by atoms with Gasteiger partial charge in [-0.3, -0.25) is 0 Å². The summed E-state index contributed by atoms with van der Waals surface area (Å²) in [5.41, 5.74) is 1.15. The molecule has 0 amide bonds. The minimum Gasteiger partial charge on any atom is -0.486 e. The van der Waals surface area contributed by atoms with Crippen LogP contribution in [0.1, 0.15) is 30.9 Å². The van der Waals surface area contributed by atoms with Crippen LogP contribution < -0.4 is 10.1 Å². The highest BCUT2D eigenvalue weighted by Gasteiger charge is 2.42. The molecule has 0 bridgehead atoms. The van der Waals surface area contributed by atoms with Crippen LogP contribution in [0.25, 0.3) is 0 Å². The number of likely N-dealkylation sites (N-methyl/N-ethyl adjacent to an activating group) is 1. The van der Waals surface area contributed by atoms with Crippen LogP contribution in [0.15, 0.2) is 18.2 Å². The van der Waals surface area contributed by atoms with Gasteiger partial charge in [0.25, 0.3) is 0 Å². The van der Waals surface area contributed by atoms with E-state index in [9.17, 15) is 0 Å². The van der Waals surface area contributed by atoms with Crippen LogP contribution in [-0.2, 0) is 0 Å². The van der Waals surface area contributed by atoms with Crippen LogP contribution >= 0.6 is 11.6 Å². The van der Waals surface area contributed by atoms with Gasteiger partial charge in [0, 0.05) is 29.6 Å². The number of hydrogen-bond acceptors (Lipinski definition) is 3. The molecule has 3 nitrogen and oxygen atoms in total. The third kappa shape index (κ3) is 2.47. The van der Waals surface area contributed by atoms with Gasteiger partial charge in [0.05, 0.1) is 0 Å². The zero-order valence-electron chi connectivity index (χ0n) is 11.6. The summed E-state index contributed by atoms with van der Waals surface area (Å²) in [5, 5.41) is 4.19. The number of halogens is 1. The van der Waals surface area contributed by atoms with Crippen LogP contribution in [-0.4, -0.2) is 37.7 Å². The standard InChI is InChI=1S/C15H21ClN2O/c1-17-13-9-15(6-3-7-18(2)10-15)19-14-5-4-11(16)8-12(13)14/h4-5,8,13,17H,3,6-7,9-10H2,1-2H3. The van der Waals surface area contributed by atoms with E-state index in [4.69, 9.17) is 16.3 Å². The quantitative estimate of drug-likeness (QED) is 0.856. The monoisotopic (exact) mass is 280 g/mol. The number of nitrogens with zero attached hydrogens (tertiary/aromatic N) is 1. The Morgan fingerprint density at radius 2 is 2.32 bits per heavy atom. The minimum absolute atomic E-state index is 0.0402. The van der Waals surface area contributed by atoms with E-state index in [1.807, 2.05) is 25.2 Å². The molecule has 0 radical (unpaired) electrons. The van der Waals surface area contributed by atoms with E-state index >= 15 is 0 Å². The lowest BCUT2D eigenvalue weighted by Gasteiger charge is -2.47. The van der Waals surface area contributed by atoms with Crippen LogP contribution in [0.2, 0.25) is 5.02 Å². The fourth-order valence-corrected chi connectivity index (χ4v) is 3.65. The van der Waals surface area contributed by atoms with Crippen LogP contribution in [0.3, 0.4) is 0 Å². The summed E-state index contributed by atoms with van der Waals surface area (Å²) in [6.45, 7) is 2.18. The highest BCUT2D eigenvalue weighted by atomic mass is 35.5. The molecule has 3 rings (SSSR count). The van der Waals surface area contributed by atoms with E-state index in [0.29, 0.717) is 6.04 Å². The Kier molecular flexibility index (Phi) is 3.46. The van der Waals surface area contributed by atoms with Crippen molar-refractivity contribution < 1.29 is 4.74 Å². The second kappa shape index (κ2) is 4.97. The molecular formula is C15H21ClN2O. The van der Waals surface area contributed by atoms with Gasteiger partial charge in [0.2, 0.25) is 0 Å². The number of nitrogens with one attached hydrogen (secondary N) is 1. The van der Waals surface area contributed by atoms with Crippen molar-refractivity contribution in [3.8, 4) is 5.75 Å². The van der Waals surface area contributed by atoms with Crippen molar-refractivity contribution in [1.29, 1.82) is 0 Å². The Hall–Kier alpha value is -0.770. The smallest absolute Gasteiger partial charge is 0.125 e. The first kappa shape index (κ1) is 13.2. The van der Waals surface area contributed by atoms with Crippen LogP contribution in [0, 0.1) is 0 Å². The molecule has 1 aromatic carbocycles. The summed E-state index contributed by atoms with van der Waals surface area (Å²) >= 11 is 6.11. The lowest BCUT2D eigenvalue weighted by Crippen LogP contribution is -2.54. The molecule has 1 saturated heterocycles. The molecule has 104 valence electrons. The first-order chi connectivity index (χ1) is 9.12. The Morgan fingerprint density at radius 1 is 1.47 bits per heavy atom. The number of benzene rings is 1. The minimum atomic E-state index is -0.0402. The SMILES string of the molecule is CNC1CC2(CCCN(C)C2)Oc2ccc(Cl)cc21. The molecule has 0 aromatic heterocycles. The molecule has 2 aliphatic rings. The Labute approximate surface area is 119 Å². The average Bonchev–Trinajstić information content (AvgIpc) is 2.38. The highest BCUT2D eigenvalue weighted by molar-refractivity contribution is 6.30. The lowest BCUT2D eigenvalue weighted by molar-refractivity contribution is -0.0263. The fraction of sp³-hybridized carbons (Fsp3) is 0.600. The Balaban J connectivity index is 1.95. The summed E-state index contributed by atoms with van der Waals surface area (Å²) in [6.07, 6.45) is 3.36. The maximum absolute atomic E-state index is 6.38. The van der Waals surface area contributed by atoms with Crippen molar-refractivity contribution in [2.24, 2.45) is 0 Å². The molecule has 4 heteroatoms. The van der Waals surface area contributed by atoms with Gasteiger partial charge in [-0.2, -0.15) is 0 Å². The fourth-order valence-electron chi connectivity index (χ4n) is 3.47. The molecule has 1 fully saturated rings. The van der Waals surface area contributed by atoms with E-state index in [1.54, 1.807) is 0 Å². The number of piperidine rings is 1. The van der Waals surface area contributed by atoms with Gasteiger partial charge in [-0.05, 0) is 51.7 Å². The molecule has 0 aliphatic carbocycles. The van der Waals surface area contributed by atoms with Gasteiger partial charge >= 0.3 is 0 Å². The van der Waals surface area contributed by atoms with Gasteiger partial charge in [0.1, 0.15) is 11.4 Å². The zero-order valence-corrected chi connectivity index (χ0v) is 12.3. The maximum Gasteiger partial charge on any atom is 0.125 e. The molecule has 0 saturated carbocycles. The summed E-state index contributed by atoms with van der Waals surface area (Å²) < 4.78 is 6.38. The van der Waals surface area contributed by atoms with Crippen LogP contribution in [0.4, 0.5) is 0 Å².